The monoisotopic (exact) mass is 861 g/mol. The molecule has 0 amide bonds. The minimum Gasteiger partial charge on any atom is -0.462 e. The predicted octanol–water partition coefficient (Wildman–Crippen LogP) is 16.6. The van der Waals surface area contributed by atoms with Gasteiger partial charge in [-0.3, -0.25) is 14.4 Å². The summed E-state index contributed by atoms with van der Waals surface area (Å²) in [6.45, 7) is 6.33. The van der Waals surface area contributed by atoms with Gasteiger partial charge in [-0.15, -0.1) is 0 Å². The van der Waals surface area contributed by atoms with Crippen molar-refractivity contribution in [2.75, 3.05) is 13.2 Å². The van der Waals surface area contributed by atoms with Crippen LogP contribution in [-0.4, -0.2) is 37.2 Å². The van der Waals surface area contributed by atoms with Crippen molar-refractivity contribution < 1.29 is 28.6 Å². The van der Waals surface area contributed by atoms with Gasteiger partial charge in [0.2, 0.25) is 0 Å². The molecule has 0 aliphatic carbocycles. The Kier molecular flexibility index (Phi) is 47.0. The van der Waals surface area contributed by atoms with E-state index in [1.165, 1.54) is 83.5 Å². The van der Waals surface area contributed by atoms with E-state index >= 15 is 0 Å². The molecule has 0 rings (SSSR count). The fourth-order valence-electron chi connectivity index (χ4n) is 6.55. The largest absolute Gasteiger partial charge is 0.462 e. The summed E-state index contributed by atoms with van der Waals surface area (Å²) in [4.78, 5) is 37.8. The molecular formula is C56H92O6. The molecule has 0 radical (unpaired) electrons. The van der Waals surface area contributed by atoms with Crippen LogP contribution < -0.4 is 0 Å². The SMILES string of the molecule is CC/C=C\C/C=C\C/C=C\C/C=C\C/C=C\CC(=O)OC(COC(=O)CCCCCCC/C=C\CCC)COC(=O)CCCCCCCCCCC/C=C\C/C=C\CCCCC. The van der Waals surface area contributed by atoms with Crippen LogP contribution in [0.15, 0.2) is 97.2 Å². The minimum atomic E-state index is -0.836. The average molecular weight is 861 g/mol. The first kappa shape index (κ1) is 58.3. The van der Waals surface area contributed by atoms with Gasteiger partial charge in [-0.1, -0.05) is 201 Å². The van der Waals surface area contributed by atoms with Crippen LogP contribution in [0.5, 0.6) is 0 Å². The van der Waals surface area contributed by atoms with Gasteiger partial charge in [0.25, 0.3) is 0 Å². The highest BCUT2D eigenvalue weighted by molar-refractivity contribution is 5.72. The Balaban J connectivity index is 4.46. The smallest absolute Gasteiger partial charge is 0.310 e. The summed E-state index contributed by atoms with van der Waals surface area (Å²) in [6.07, 6.45) is 65.6. The molecule has 0 saturated heterocycles. The van der Waals surface area contributed by atoms with Gasteiger partial charge < -0.3 is 14.2 Å². The van der Waals surface area contributed by atoms with Crippen LogP contribution in [0, 0.1) is 0 Å². The molecule has 0 heterocycles. The number of ether oxygens (including phenoxy) is 3. The van der Waals surface area contributed by atoms with Gasteiger partial charge >= 0.3 is 17.9 Å². The van der Waals surface area contributed by atoms with E-state index in [-0.39, 0.29) is 31.6 Å². The zero-order valence-corrected chi connectivity index (χ0v) is 40.1. The van der Waals surface area contributed by atoms with E-state index in [9.17, 15) is 14.4 Å². The third kappa shape index (κ3) is 47.4. The van der Waals surface area contributed by atoms with Crippen molar-refractivity contribution in [3.8, 4) is 0 Å². The maximum absolute atomic E-state index is 12.7. The average Bonchev–Trinajstić information content (AvgIpc) is 3.27. The number of hydrogen-bond donors (Lipinski definition) is 0. The fourth-order valence-corrected chi connectivity index (χ4v) is 6.55. The zero-order valence-electron chi connectivity index (χ0n) is 40.1. The van der Waals surface area contributed by atoms with Crippen molar-refractivity contribution >= 4 is 17.9 Å². The molecule has 0 bridgehead atoms. The Morgan fingerprint density at radius 1 is 0.355 bits per heavy atom. The van der Waals surface area contributed by atoms with Crippen LogP contribution in [0.25, 0.3) is 0 Å². The quantitative estimate of drug-likeness (QED) is 0.0263. The molecule has 0 aromatic rings. The number of carbonyl (C=O) groups is 3. The number of carbonyl (C=O) groups excluding carboxylic acids is 3. The molecule has 0 saturated carbocycles. The highest BCUT2D eigenvalue weighted by Crippen LogP contribution is 2.13. The lowest BCUT2D eigenvalue weighted by Crippen LogP contribution is -2.30. The van der Waals surface area contributed by atoms with Crippen LogP contribution in [0.4, 0.5) is 0 Å². The number of allylic oxidation sites excluding steroid dienone is 15. The Hall–Kier alpha value is -3.67. The lowest BCUT2D eigenvalue weighted by Gasteiger charge is -2.18. The van der Waals surface area contributed by atoms with Crippen molar-refractivity contribution in [2.24, 2.45) is 0 Å². The molecule has 0 aromatic carbocycles. The number of hydrogen-bond acceptors (Lipinski definition) is 6. The van der Waals surface area contributed by atoms with Gasteiger partial charge in [-0.25, -0.2) is 0 Å². The number of esters is 3. The highest BCUT2D eigenvalue weighted by Gasteiger charge is 2.19. The first-order valence-corrected chi connectivity index (χ1v) is 25.2. The molecule has 6 nitrogen and oxygen atoms in total. The minimum absolute atomic E-state index is 0.0923. The Bertz CT molecular complexity index is 1260. The lowest BCUT2D eigenvalue weighted by molar-refractivity contribution is -0.166. The van der Waals surface area contributed by atoms with Crippen molar-refractivity contribution in [1.82, 2.24) is 0 Å². The summed E-state index contributed by atoms with van der Waals surface area (Å²) in [6, 6.07) is 0. The third-order valence-corrected chi connectivity index (χ3v) is 10.3. The van der Waals surface area contributed by atoms with Gasteiger partial charge in [-0.2, -0.15) is 0 Å². The standard InChI is InChI=1S/C56H92O6/c1-4-7-10-13-16-19-22-24-26-27-28-29-31-32-34-37-40-43-46-49-55(58)61-52-53(51-60-54(57)48-45-42-39-36-21-18-15-12-9-6-3)62-56(59)50-47-44-41-38-35-33-30-25-23-20-17-14-11-8-5-2/h8,11-12,15-17,19-20,24-26,30,35,38,44,47,53H,4-7,9-10,13-14,18,21-23,27-29,31-34,36-37,39-43,45-46,48-52H2,1-3H3/b11-8-,15-12-,19-16-,20-17-,26-24-,30-25-,38-35-,47-44-. The summed E-state index contributed by atoms with van der Waals surface area (Å²) in [5.74, 6) is -1.07. The maximum atomic E-state index is 12.7. The fraction of sp³-hybridized carbons (Fsp3) is 0.661. The van der Waals surface area contributed by atoms with Gasteiger partial charge in [0.15, 0.2) is 6.10 Å². The summed E-state index contributed by atoms with van der Waals surface area (Å²) in [5, 5.41) is 0. The maximum Gasteiger partial charge on any atom is 0.310 e. The summed E-state index contributed by atoms with van der Waals surface area (Å²) in [5.41, 5.74) is 0. The first-order valence-electron chi connectivity index (χ1n) is 25.2. The lowest BCUT2D eigenvalue weighted by atomic mass is 10.1. The van der Waals surface area contributed by atoms with Crippen LogP contribution in [0.1, 0.15) is 220 Å². The topological polar surface area (TPSA) is 78.9 Å². The van der Waals surface area contributed by atoms with Crippen molar-refractivity contribution in [3.05, 3.63) is 97.2 Å². The first-order chi connectivity index (χ1) is 30.5. The number of rotatable bonds is 44. The molecule has 62 heavy (non-hydrogen) atoms. The second-order valence-electron chi connectivity index (χ2n) is 16.4. The van der Waals surface area contributed by atoms with Crippen LogP contribution >= 0.6 is 0 Å². The van der Waals surface area contributed by atoms with Crippen LogP contribution in [0.3, 0.4) is 0 Å². The molecule has 0 fully saturated rings. The molecule has 0 spiro atoms. The van der Waals surface area contributed by atoms with E-state index in [4.69, 9.17) is 14.2 Å². The molecular weight excluding hydrogens is 769 g/mol. The van der Waals surface area contributed by atoms with Crippen molar-refractivity contribution in [2.45, 2.75) is 226 Å². The Morgan fingerprint density at radius 3 is 1.15 bits per heavy atom. The van der Waals surface area contributed by atoms with Crippen molar-refractivity contribution in [3.63, 3.8) is 0 Å². The molecule has 352 valence electrons. The van der Waals surface area contributed by atoms with E-state index in [2.05, 4.69) is 106 Å². The molecule has 0 N–H and O–H groups in total. The Labute approximate surface area is 381 Å². The summed E-state index contributed by atoms with van der Waals surface area (Å²) < 4.78 is 16.6. The van der Waals surface area contributed by atoms with Crippen LogP contribution in [-0.2, 0) is 28.6 Å². The van der Waals surface area contributed by atoms with E-state index in [0.717, 1.165) is 96.3 Å². The molecule has 6 heteroatoms. The van der Waals surface area contributed by atoms with E-state index in [1.54, 1.807) is 6.08 Å². The van der Waals surface area contributed by atoms with E-state index < -0.39 is 12.1 Å². The normalized spacial score (nSPS) is 12.9. The molecule has 0 aliphatic rings. The molecule has 0 aliphatic heterocycles. The predicted molar refractivity (Wildman–Crippen MR) is 265 cm³/mol. The van der Waals surface area contributed by atoms with Gasteiger partial charge in [0, 0.05) is 12.8 Å². The van der Waals surface area contributed by atoms with E-state index in [1.807, 2.05) is 6.08 Å². The van der Waals surface area contributed by atoms with Gasteiger partial charge in [0.05, 0.1) is 6.42 Å². The number of unbranched alkanes of at least 4 members (excludes halogenated alkanes) is 18. The molecule has 1 unspecified atom stereocenters. The zero-order chi connectivity index (χ0) is 45.1. The summed E-state index contributed by atoms with van der Waals surface area (Å²) >= 11 is 0. The molecule has 1 atom stereocenters. The van der Waals surface area contributed by atoms with Gasteiger partial charge in [0.1, 0.15) is 13.2 Å². The second-order valence-corrected chi connectivity index (χ2v) is 16.4. The molecule has 0 aromatic heterocycles. The summed E-state index contributed by atoms with van der Waals surface area (Å²) in [7, 11) is 0. The van der Waals surface area contributed by atoms with Crippen molar-refractivity contribution in [1.29, 1.82) is 0 Å². The second kappa shape index (κ2) is 50.0. The highest BCUT2D eigenvalue weighted by atomic mass is 16.6. The Morgan fingerprint density at radius 2 is 0.710 bits per heavy atom. The van der Waals surface area contributed by atoms with Crippen LogP contribution in [0.2, 0.25) is 0 Å². The third-order valence-electron chi connectivity index (χ3n) is 10.3. The van der Waals surface area contributed by atoms with E-state index in [0.29, 0.717) is 12.8 Å². The van der Waals surface area contributed by atoms with Gasteiger partial charge in [-0.05, 0) is 96.3 Å².